The molecule has 98 valence electrons. The van der Waals surface area contributed by atoms with Crippen LogP contribution in [0.1, 0.15) is 35.6 Å². The monoisotopic (exact) mass is 255 g/mol. The van der Waals surface area contributed by atoms with Gasteiger partial charge in [-0.15, -0.1) is 0 Å². The zero-order chi connectivity index (χ0) is 13.2. The second-order valence-electron chi connectivity index (χ2n) is 4.84. The van der Waals surface area contributed by atoms with Crippen LogP contribution in [0, 0.1) is 0 Å². The van der Waals surface area contributed by atoms with Gasteiger partial charge in [0.25, 0.3) is 0 Å². The largest absolute Gasteiger partial charge is 0.492 e. The van der Waals surface area contributed by atoms with E-state index >= 15 is 0 Å². The van der Waals surface area contributed by atoms with E-state index < -0.39 is 6.10 Å². The van der Waals surface area contributed by atoms with Gasteiger partial charge < -0.3 is 9.84 Å². The smallest absolute Gasteiger partial charge is 0.137 e. The van der Waals surface area contributed by atoms with E-state index in [0.717, 1.165) is 12.0 Å². The highest BCUT2D eigenvalue weighted by Crippen LogP contribution is 2.43. The average Bonchev–Trinajstić information content (AvgIpc) is 2.41. The van der Waals surface area contributed by atoms with Crippen molar-refractivity contribution in [3.05, 3.63) is 59.4 Å². The fourth-order valence-corrected chi connectivity index (χ4v) is 2.65. The number of benzene rings is 1. The van der Waals surface area contributed by atoms with Crippen molar-refractivity contribution in [2.24, 2.45) is 0 Å². The van der Waals surface area contributed by atoms with Gasteiger partial charge in [-0.1, -0.05) is 24.3 Å². The van der Waals surface area contributed by atoms with E-state index in [4.69, 9.17) is 4.74 Å². The minimum absolute atomic E-state index is 0.176. The van der Waals surface area contributed by atoms with Gasteiger partial charge in [0.1, 0.15) is 5.75 Å². The molecule has 2 unspecified atom stereocenters. The summed E-state index contributed by atoms with van der Waals surface area (Å²) in [4.78, 5) is 4.14. The predicted octanol–water partition coefficient (Wildman–Crippen LogP) is 2.85. The zero-order valence-electron chi connectivity index (χ0n) is 10.9. The van der Waals surface area contributed by atoms with Gasteiger partial charge in [0.2, 0.25) is 0 Å². The lowest BCUT2D eigenvalue weighted by molar-refractivity contribution is 0.134. The second-order valence-corrected chi connectivity index (χ2v) is 4.84. The van der Waals surface area contributed by atoms with Gasteiger partial charge in [-0.2, -0.15) is 0 Å². The predicted molar refractivity (Wildman–Crippen MR) is 73.3 cm³/mol. The Morgan fingerprint density at radius 2 is 2.21 bits per heavy atom. The number of pyridine rings is 1. The molecule has 0 saturated heterocycles. The van der Waals surface area contributed by atoms with Crippen molar-refractivity contribution in [3.63, 3.8) is 0 Å². The lowest BCUT2D eigenvalue weighted by Gasteiger charge is -2.34. The van der Waals surface area contributed by atoms with Crippen LogP contribution in [0.15, 0.2) is 42.7 Å². The molecule has 1 heterocycles. The van der Waals surface area contributed by atoms with Crippen molar-refractivity contribution in [2.75, 3.05) is 6.61 Å². The Hall–Kier alpha value is -1.87. The standard InChI is InChI=1S/C16H17NO2/c1-2-19-13-7-12(9-17-10-13)16(18)15-8-11-5-3-4-6-14(11)15/h3-7,9-10,15-16,18H,2,8H2,1H3. The van der Waals surface area contributed by atoms with E-state index in [1.54, 1.807) is 12.4 Å². The number of aliphatic hydroxyl groups excluding tert-OH is 1. The third-order valence-corrected chi connectivity index (χ3v) is 3.66. The number of aliphatic hydroxyl groups is 1. The van der Waals surface area contributed by atoms with Crippen molar-refractivity contribution >= 4 is 0 Å². The molecule has 19 heavy (non-hydrogen) atoms. The topological polar surface area (TPSA) is 42.4 Å². The van der Waals surface area contributed by atoms with Crippen LogP contribution in [-0.4, -0.2) is 16.7 Å². The zero-order valence-corrected chi connectivity index (χ0v) is 10.9. The van der Waals surface area contributed by atoms with Gasteiger partial charge in [0, 0.05) is 17.7 Å². The molecule has 0 fully saturated rings. The molecule has 3 nitrogen and oxygen atoms in total. The first-order chi connectivity index (χ1) is 9.29. The minimum Gasteiger partial charge on any atom is -0.492 e. The van der Waals surface area contributed by atoms with Crippen molar-refractivity contribution in [3.8, 4) is 5.75 Å². The van der Waals surface area contributed by atoms with E-state index in [1.165, 1.54) is 11.1 Å². The van der Waals surface area contributed by atoms with Gasteiger partial charge in [-0.3, -0.25) is 4.98 Å². The normalized spacial score (nSPS) is 18.3. The summed E-state index contributed by atoms with van der Waals surface area (Å²) in [6, 6.07) is 10.1. The maximum absolute atomic E-state index is 10.5. The molecule has 0 aliphatic heterocycles. The Kier molecular flexibility index (Phi) is 3.22. The molecule has 0 spiro atoms. The van der Waals surface area contributed by atoms with Crippen molar-refractivity contribution in [2.45, 2.75) is 25.4 Å². The lowest BCUT2D eigenvalue weighted by atomic mass is 9.73. The first kappa shape index (κ1) is 12.2. The molecule has 3 heteroatoms. The van der Waals surface area contributed by atoms with E-state index in [9.17, 15) is 5.11 Å². The number of ether oxygens (including phenoxy) is 1. The van der Waals surface area contributed by atoms with Crippen LogP contribution < -0.4 is 4.74 Å². The molecule has 2 aromatic rings. The highest BCUT2D eigenvalue weighted by molar-refractivity contribution is 5.42. The summed E-state index contributed by atoms with van der Waals surface area (Å²) in [7, 11) is 0. The molecule has 0 bridgehead atoms. The maximum Gasteiger partial charge on any atom is 0.137 e. The Morgan fingerprint density at radius 1 is 1.37 bits per heavy atom. The Labute approximate surface area is 112 Å². The summed E-state index contributed by atoms with van der Waals surface area (Å²) in [5, 5.41) is 10.5. The Balaban J connectivity index is 1.82. The second kappa shape index (κ2) is 5.02. The highest BCUT2D eigenvalue weighted by atomic mass is 16.5. The van der Waals surface area contributed by atoms with Crippen LogP contribution in [0.2, 0.25) is 0 Å². The van der Waals surface area contributed by atoms with Gasteiger partial charge in [-0.25, -0.2) is 0 Å². The van der Waals surface area contributed by atoms with Gasteiger partial charge >= 0.3 is 0 Å². The molecule has 0 saturated carbocycles. The number of rotatable bonds is 4. The molecule has 1 aliphatic carbocycles. The van der Waals surface area contributed by atoms with Crippen LogP contribution in [0.5, 0.6) is 5.75 Å². The van der Waals surface area contributed by atoms with E-state index in [0.29, 0.717) is 12.4 Å². The van der Waals surface area contributed by atoms with Crippen LogP contribution in [0.3, 0.4) is 0 Å². The van der Waals surface area contributed by atoms with E-state index in [1.807, 2.05) is 25.1 Å². The van der Waals surface area contributed by atoms with Crippen LogP contribution >= 0.6 is 0 Å². The van der Waals surface area contributed by atoms with Crippen LogP contribution in [0.25, 0.3) is 0 Å². The molecule has 1 aliphatic rings. The molecule has 1 aromatic heterocycles. The number of aromatic nitrogens is 1. The molecule has 0 radical (unpaired) electrons. The Bertz CT molecular complexity index is 582. The molecular weight excluding hydrogens is 238 g/mol. The summed E-state index contributed by atoms with van der Waals surface area (Å²) in [5.74, 6) is 0.890. The molecule has 2 atom stereocenters. The quantitative estimate of drug-likeness (QED) is 0.913. The molecule has 3 rings (SSSR count). The fourth-order valence-electron chi connectivity index (χ4n) is 2.65. The minimum atomic E-state index is -0.511. The lowest BCUT2D eigenvalue weighted by Crippen LogP contribution is -2.23. The van der Waals surface area contributed by atoms with Gasteiger partial charge in [0.05, 0.1) is 18.9 Å². The molecule has 0 amide bonds. The Morgan fingerprint density at radius 3 is 3.00 bits per heavy atom. The average molecular weight is 255 g/mol. The molecular formula is C16H17NO2. The van der Waals surface area contributed by atoms with Gasteiger partial charge in [0.15, 0.2) is 0 Å². The molecule has 1 aromatic carbocycles. The van der Waals surface area contributed by atoms with E-state index in [-0.39, 0.29) is 5.92 Å². The SMILES string of the molecule is CCOc1cncc(C(O)C2Cc3ccccc32)c1. The third-order valence-electron chi connectivity index (χ3n) is 3.66. The van der Waals surface area contributed by atoms with Crippen molar-refractivity contribution in [1.29, 1.82) is 0 Å². The maximum atomic E-state index is 10.5. The van der Waals surface area contributed by atoms with Crippen LogP contribution in [0.4, 0.5) is 0 Å². The summed E-state index contributed by atoms with van der Waals surface area (Å²) in [6.07, 6.45) is 3.81. The van der Waals surface area contributed by atoms with Crippen molar-refractivity contribution in [1.82, 2.24) is 4.98 Å². The highest BCUT2D eigenvalue weighted by Gasteiger charge is 2.32. The molecule has 1 N–H and O–H groups in total. The number of fused-ring (bicyclic) bond motifs is 1. The number of hydrogen-bond acceptors (Lipinski definition) is 3. The summed E-state index contributed by atoms with van der Waals surface area (Å²) >= 11 is 0. The van der Waals surface area contributed by atoms with Gasteiger partial charge in [-0.05, 0) is 30.5 Å². The number of nitrogens with zero attached hydrogens (tertiary/aromatic N) is 1. The number of hydrogen-bond donors (Lipinski definition) is 1. The third kappa shape index (κ3) is 2.22. The summed E-state index contributed by atoms with van der Waals surface area (Å²) < 4.78 is 5.42. The summed E-state index contributed by atoms with van der Waals surface area (Å²) in [6.45, 7) is 2.54. The van der Waals surface area contributed by atoms with E-state index in [2.05, 4.69) is 17.1 Å². The summed E-state index contributed by atoms with van der Waals surface area (Å²) in [5.41, 5.74) is 3.41. The van der Waals surface area contributed by atoms with Crippen molar-refractivity contribution < 1.29 is 9.84 Å². The fraction of sp³-hybridized carbons (Fsp3) is 0.312. The first-order valence-electron chi connectivity index (χ1n) is 6.63. The van der Waals surface area contributed by atoms with Crippen LogP contribution in [-0.2, 0) is 6.42 Å². The first-order valence-corrected chi connectivity index (χ1v) is 6.63.